The fraction of sp³-hybridized carbons (Fsp3) is 0.560. The lowest BCUT2D eigenvalue weighted by atomic mass is 10.2. The second-order valence-electron chi connectivity index (χ2n) is 9.22. The van der Waals surface area contributed by atoms with Crippen LogP contribution in [0.15, 0.2) is 35.3 Å². The molecule has 2 aromatic heterocycles. The van der Waals surface area contributed by atoms with Crippen LogP contribution < -0.4 is 15.9 Å². The van der Waals surface area contributed by atoms with E-state index in [1.54, 1.807) is 0 Å². The predicted octanol–water partition coefficient (Wildman–Crippen LogP) is 4.57. The number of benzene rings is 1. The van der Waals surface area contributed by atoms with Gasteiger partial charge in [0, 0.05) is 31.4 Å². The Hall–Kier alpha value is -2.83. The van der Waals surface area contributed by atoms with E-state index in [4.69, 9.17) is 4.98 Å². The Morgan fingerprint density at radius 3 is 2.53 bits per heavy atom. The van der Waals surface area contributed by atoms with Gasteiger partial charge in [-0.05, 0) is 49.8 Å². The molecule has 1 saturated carbocycles. The molecule has 32 heavy (non-hydrogen) atoms. The topological polar surface area (TPSA) is 68.0 Å². The zero-order valence-corrected chi connectivity index (χ0v) is 19.1. The first-order valence-electron chi connectivity index (χ1n) is 12.3. The summed E-state index contributed by atoms with van der Waals surface area (Å²) in [4.78, 5) is 25.3. The standard InChI is InChI=1S/C25H34N6O/c1-2-3-14-26-24-27-17-22-23(28-24)30(25(32)31(22)21-8-4-5-9-21)18-19-10-12-20(13-11-19)29-15-6-7-16-29/h10-13,17,21H,2-9,14-16,18H2,1H3,(H,26,27,28). The fourth-order valence-corrected chi connectivity index (χ4v) is 5.15. The maximum absolute atomic E-state index is 13.6. The van der Waals surface area contributed by atoms with Gasteiger partial charge in [0.25, 0.3) is 0 Å². The number of imidazole rings is 1. The Labute approximate surface area is 189 Å². The van der Waals surface area contributed by atoms with E-state index in [1.807, 2.05) is 15.3 Å². The normalized spacial score (nSPS) is 17.0. The second-order valence-corrected chi connectivity index (χ2v) is 9.22. The molecule has 1 aliphatic carbocycles. The summed E-state index contributed by atoms with van der Waals surface area (Å²) in [6.45, 7) is 5.81. The van der Waals surface area contributed by atoms with Crippen LogP contribution in [0.3, 0.4) is 0 Å². The summed E-state index contributed by atoms with van der Waals surface area (Å²) in [6, 6.07) is 8.94. The third kappa shape index (κ3) is 4.12. The van der Waals surface area contributed by atoms with Gasteiger partial charge in [-0.3, -0.25) is 9.13 Å². The maximum atomic E-state index is 13.6. The molecule has 3 heterocycles. The lowest BCUT2D eigenvalue weighted by Gasteiger charge is -2.17. The third-order valence-corrected chi connectivity index (χ3v) is 6.95. The minimum atomic E-state index is 0.0375. The minimum absolute atomic E-state index is 0.0375. The highest BCUT2D eigenvalue weighted by Crippen LogP contribution is 2.31. The number of aromatic nitrogens is 4. The highest BCUT2D eigenvalue weighted by atomic mass is 16.1. The first kappa shape index (κ1) is 21.0. The monoisotopic (exact) mass is 434 g/mol. The van der Waals surface area contributed by atoms with Crippen molar-refractivity contribution in [2.24, 2.45) is 0 Å². The molecule has 1 aromatic carbocycles. The van der Waals surface area contributed by atoms with E-state index < -0.39 is 0 Å². The molecule has 0 amide bonds. The quantitative estimate of drug-likeness (QED) is 0.526. The molecule has 1 saturated heterocycles. The zero-order chi connectivity index (χ0) is 21.9. The molecular formula is C25H34N6O. The van der Waals surface area contributed by atoms with Crippen LogP contribution in [0.25, 0.3) is 11.2 Å². The van der Waals surface area contributed by atoms with Crippen molar-refractivity contribution in [3.8, 4) is 0 Å². The summed E-state index contributed by atoms with van der Waals surface area (Å²) in [5.41, 5.74) is 4.03. The van der Waals surface area contributed by atoms with E-state index in [0.717, 1.165) is 62.0 Å². The van der Waals surface area contributed by atoms with Gasteiger partial charge in [0.15, 0.2) is 5.65 Å². The van der Waals surface area contributed by atoms with E-state index in [2.05, 4.69) is 46.4 Å². The number of anilines is 2. The molecular weight excluding hydrogens is 400 g/mol. The van der Waals surface area contributed by atoms with Gasteiger partial charge in [-0.25, -0.2) is 9.78 Å². The number of rotatable bonds is 8. The van der Waals surface area contributed by atoms with Crippen molar-refractivity contribution < 1.29 is 0 Å². The van der Waals surface area contributed by atoms with E-state index in [0.29, 0.717) is 12.5 Å². The summed E-state index contributed by atoms with van der Waals surface area (Å²) >= 11 is 0. The number of unbranched alkanes of at least 4 members (excludes halogenated alkanes) is 1. The van der Waals surface area contributed by atoms with Crippen molar-refractivity contribution in [1.29, 1.82) is 0 Å². The minimum Gasteiger partial charge on any atom is -0.372 e. The molecule has 5 rings (SSSR count). The van der Waals surface area contributed by atoms with Gasteiger partial charge in [0.2, 0.25) is 5.95 Å². The van der Waals surface area contributed by atoms with Gasteiger partial charge in [-0.1, -0.05) is 38.3 Å². The van der Waals surface area contributed by atoms with Gasteiger partial charge >= 0.3 is 5.69 Å². The van der Waals surface area contributed by atoms with Crippen molar-refractivity contribution in [1.82, 2.24) is 19.1 Å². The molecule has 0 bridgehead atoms. The molecule has 1 aliphatic heterocycles. The summed E-state index contributed by atoms with van der Waals surface area (Å²) in [7, 11) is 0. The van der Waals surface area contributed by atoms with Crippen LogP contribution in [0, 0.1) is 0 Å². The predicted molar refractivity (Wildman–Crippen MR) is 130 cm³/mol. The van der Waals surface area contributed by atoms with Crippen LogP contribution >= 0.6 is 0 Å². The lowest BCUT2D eigenvalue weighted by Crippen LogP contribution is -2.27. The van der Waals surface area contributed by atoms with Gasteiger partial charge in [0.1, 0.15) is 5.52 Å². The molecule has 2 aliphatic rings. The van der Waals surface area contributed by atoms with Gasteiger partial charge in [0.05, 0.1) is 12.7 Å². The maximum Gasteiger partial charge on any atom is 0.330 e. The van der Waals surface area contributed by atoms with E-state index in [9.17, 15) is 4.79 Å². The molecule has 0 spiro atoms. The first-order chi connectivity index (χ1) is 15.7. The zero-order valence-electron chi connectivity index (χ0n) is 19.1. The summed E-state index contributed by atoms with van der Waals surface area (Å²) in [6.07, 6.45) is 11.0. The van der Waals surface area contributed by atoms with Crippen LogP contribution in [0.1, 0.15) is 69.9 Å². The van der Waals surface area contributed by atoms with Crippen molar-refractivity contribution in [2.75, 3.05) is 29.9 Å². The third-order valence-electron chi connectivity index (χ3n) is 6.95. The van der Waals surface area contributed by atoms with Crippen LogP contribution in [-0.2, 0) is 6.54 Å². The molecule has 7 nitrogen and oxygen atoms in total. The van der Waals surface area contributed by atoms with Gasteiger partial charge in [-0.15, -0.1) is 0 Å². The largest absolute Gasteiger partial charge is 0.372 e. The van der Waals surface area contributed by atoms with Crippen molar-refractivity contribution >= 4 is 22.8 Å². The smallest absolute Gasteiger partial charge is 0.330 e. The molecule has 3 aromatic rings. The molecule has 0 atom stereocenters. The van der Waals surface area contributed by atoms with Crippen LogP contribution in [0.2, 0.25) is 0 Å². The highest BCUT2D eigenvalue weighted by Gasteiger charge is 2.25. The SMILES string of the molecule is CCCCNc1ncc2c(n1)n(Cc1ccc(N3CCCC3)cc1)c(=O)n2C1CCCC1. The average Bonchev–Trinajstić information content (AvgIpc) is 3.57. The number of hydrogen-bond donors (Lipinski definition) is 1. The van der Waals surface area contributed by atoms with E-state index >= 15 is 0 Å². The average molecular weight is 435 g/mol. The van der Waals surface area contributed by atoms with Crippen LogP contribution in [-0.4, -0.2) is 38.7 Å². The number of nitrogens with one attached hydrogen (secondary N) is 1. The van der Waals surface area contributed by atoms with E-state index in [1.165, 1.54) is 31.4 Å². The molecule has 7 heteroatoms. The first-order valence-corrected chi connectivity index (χ1v) is 12.3. The number of fused-ring (bicyclic) bond motifs is 1. The van der Waals surface area contributed by atoms with Gasteiger partial charge < -0.3 is 10.2 Å². The molecule has 170 valence electrons. The van der Waals surface area contributed by atoms with Crippen molar-refractivity contribution in [3.05, 3.63) is 46.5 Å². The highest BCUT2D eigenvalue weighted by molar-refractivity contribution is 5.72. The van der Waals surface area contributed by atoms with Gasteiger partial charge in [-0.2, -0.15) is 4.98 Å². The Balaban J connectivity index is 1.49. The Morgan fingerprint density at radius 1 is 1.06 bits per heavy atom. The summed E-state index contributed by atoms with van der Waals surface area (Å²) < 4.78 is 3.79. The van der Waals surface area contributed by atoms with E-state index in [-0.39, 0.29) is 11.7 Å². The van der Waals surface area contributed by atoms with Crippen LogP contribution in [0.4, 0.5) is 11.6 Å². The second kappa shape index (κ2) is 9.35. The molecule has 2 fully saturated rings. The number of hydrogen-bond acceptors (Lipinski definition) is 5. The summed E-state index contributed by atoms with van der Waals surface area (Å²) in [5.74, 6) is 0.604. The fourth-order valence-electron chi connectivity index (χ4n) is 5.15. The molecule has 0 radical (unpaired) electrons. The Bertz CT molecular complexity index is 1100. The Morgan fingerprint density at radius 2 is 1.81 bits per heavy atom. The van der Waals surface area contributed by atoms with Crippen molar-refractivity contribution in [3.63, 3.8) is 0 Å². The lowest BCUT2D eigenvalue weighted by molar-refractivity contribution is 0.505. The molecule has 0 unspecified atom stereocenters. The molecule has 1 N–H and O–H groups in total. The number of nitrogens with zero attached hydrogens (tertiary/aromatic N) is 5. The van der Waals surface area contributed by atoms with Crippen LogP contribution in [0.5, 0.6) is 0 Å². The van der Waals surface area contributed by atoms with Crippen molar-refractivity contribution in [2.45, 2.75) is 70.9 Å². The summed E-state index contributed by atoms with van der Waals surface area (Å²) in [5, 5.41) is 3.31. The Kier molecular flexibility index (Phi) is 6.14.